The summed E-state index contributed by atoms with van der Waals surface area (Å²) in [5, 5.41) is 2.89. The van der Waals surface area contributed by atoms with Crippen molar-refractivity contribution < 1.29 is 22.3 Å². The molecule has 0 radical (unpaired) electrons. The van der Waals surface area contributed by atoms with Crippen molar-refractivity contribution in [3.63, 3.8) is 0 Å². The first-order valence-corrected chi connectivity index (χ1v) is 11.7. The van der Waals surface area contributed by atoms with Crippen molar-refractivity contribution >= 4 is 33.2 Å². The van der Waals surface area contributed by atoms with Gasteiger partial charge in [-0.3, -0.25) is 9.52 Å². The Kier molecular flexibility index (Phi) is 8.21. The van der Waals surface area contributed by atoms with Crippen molar-refractivity contribution in [2.24, 2.45) is 0 Å². The Bertz CT molecular complexity index is 1160. The highest BCUT2D eigenvalue weighted by Gasteiger charge is 2.17. The molecule has 168 valence electrons. The number of anilines is 1. The van der Waals surface area contributed by atoms with Crippen LogP contribution in [0.25, 0.3) is 0 Å². The second kappa shape index (κ2) is 11.1. The smallest absolute Gasteiger partial charge is 0.261 e. The van der Waals surface area contributed by atoms with Crippen molar-refractivity contribution in [3.8, 4) is 0 Å². The molecule has 1 amide bonds. The van der Waals surface area contributed by atoms with Crippen LogP contribution >= 0.6 is 11.6 Å². The molecule has 0 heterocycles. The zero-order valence-corrected chi connectivity index (χ0v) is 18.6. The number of carbonyl (C=O) groups excluding carboxylic acids is 1. The maximum absolute atomic E-state index is 13.1. The van der Waals surface area contributed by atoms with Crippen LogP contribution in [0.15, 0.2) is 77.7 Å². The van der Waals surface area contributed by atoms with E-state index in [4.69, 9.17) is 16.3 Å². The molecule has 0 bridgehead atoms. The molecule has 6 nitrogen and oxygen atoms in total. The number of hydrogen-bond donors (Lipinski definition) is 2. The summed E-state index contributed by atoms with van der Waals surface area (Å²) in [7, 11) is -3.99. The fraction of sp³-hybridized carbons (Fsp3) is 0.174. The standard InChI is InChI=1S/C23H22ClFN2O4S/c24-21-12-7-18(15-22(21)27-32(29,30)20-10-8-19(25)9-11-20)23(28)26-13-4-14-31-16-17-5-2-1-3-6-17/h1-3,5-12,15,27H,4,13-14,16H2,(H,26,28). The summed E-state index contributed by atoms with van der Waals surface area (Å²) in [5.41, 5.74) is 1.37. The van der Waals surface area contributed by atoms with Crippen LogP contribution in [-0.4, -0.2) is 27.5 Å². The van der Waals surface area contributed by atoms with Crippen LogP contribution in [0.2, 0.25) is 5.02 Å². The molecule has 2 N–H and O–H groups in total. The third-order valence-electron chi connectivity index (χ3n) is 4.46. The van der Waals surface area contributed by atoms with Gasteiger partial charge in [0.15, 0.2) is 0 Å². The molecule has 3 aromatic rings. The first-order valence-electron chi connectivity index (χ1n) is 9.83. The Labute approximate surface area is 191 Å². The van der Waals surface area contributed by atoms with Crippen molar-refractivity contribution in [3.05, 3.63) is 94.8 Å². The molecule has 0 aromatic heterocycles. The van der Waals surface area contributed by atoms with Crippen LogP contribution in [-0.2, 0) is 21.4 Å². The van der Waals surface area contributed by atoms with Crippen molar-refractivity contribution in [1.29, 1.82) is 0 Å². The van der Waals surface area contributed by atoms with Gasteiger partial charge < -0.3 is 10.1 Å². The largest absolute Gasteiger partial charge is 0.377 e. The minimum atomic E-state index is -3.99. The van der Waals surface area contributed by atoms with Gasteiger partial charge in [0, 0.05) is 18.7 Å². The Morgan fingerprint density at radius 1 is 1.00 bits per heavy atom. The second-order valence-corrected chi connectivity index (χ2v) is 8.99. The Morgan fingerprint density at radius 3 is 2.44 bits per heavy atom. The molecule has 0 aliphatic carbocycles. The minimum Gasteiger partial charge on any atom is -0.377 e. The molecule has 0 unspecified atom stereocenters. The van der Waals surface area contributed by atoms with Crippen molar-refractivity contribution in [2.45, 2.75) is 17.9 Å². The first-order chi connectivity index (χ1) is 15.3. The predicted molar refractivity (Wildman–Crippen MR) is 122 cm³/mol. The number of hydrogen-bond acceptors (Lipinski definition) is 4. The quantitative estimate of drug-likeness (QED) is 0.418. The van der Waals surface area contributed by atoms with E-state index in [1.807, 2.05) is 30.3 Å². The number of sulfonamides is 1. The van der Waals surface area contributed by atoms with E-state index in [-0.39, 0.29) is 27.1 Å². The molecule has 9 heteroatoms. The lowest BCUT2D eigenvalue weighted by atomic mass is 10.2. The highest BCUT2D eigenvalue weighted by atomic mass is 35.5. The average Bonchev–Trinajstić information content (AvgIpc) is 2.78. The lowest BCUT2D eigenvalue weighted by Crippen LogP contribution is -2.25. The number of benzene rings is 3. The predicted octanol–water partition coefficient (Wildman–Crippen LogP) is 4.62. The number of nitrogens with one attached hydrogen (secondary N) is 2. The molecule has 0 saturated heterocycles. The van der Waals surface area contributed by atoms with Gasteiger partial charge in [0.2, 0.25) is 0 Å². The molecule has 0 aliphatic rings. The molecule has 0 spiro atoms. The van der Waals surface area contributed by atoms with Gasteiger partial charge in [-0.2, -0.15) is 0 Å². The molecule has 3 rings (SSSR count). The van der Waals surface area contributed by atoms with Crippen molar-refractivity contribution in [1.82, 2.24) is 5.32 Å². The summed E-state index contributed by atoms with van der Waals surface area (Å²) in [6.07, 6.45) is 0.621. The Hall–Kier alpha value is -2.94. The van der Waals surface area contributed by atoms with E-state index in [9.17, 15) is 17.6 Å². The van der Waals surface area contributed by atoms with Gasteiger partial charge in [-0.1, -0.05) is 41.9 Å². The molecule has 32 heavy (non-hydrogen) atoms. The summed E-state index contributed by atoms with van der Waals surface area (Å²) in [4.78, 5) is 12.3. The highest BCUT2D eigenvalue weighted by Crippen LogP contribution is 2.26. The van der Waals surface area contributed by atoms with Gasteiger partial charge in [-0.25, -0.2) is 12.8 Å². The average molecular weight is 477 g/mol. The second-order valence-electron chi connectivity index (χ2n) is 6.90. The Balaban J connectivity index is 1.52. The molecular formula is C23H22ClFN2O4S. The topological polar surface area (TPSA) is 84.5 Å². The third-order valence-corrected chi connectivity index (χ3v) is 6.17. The van der Waals surface area contributed by atoms with Crippen LogP contribution in [0.3, 0.4) is 0 Å². The zero-order chi connectivity index (χ0) is 23.0. The summed E-state index contributed by atoms with van der Waals surface area (Å²) in [6.45, 7) is 1.38. The lowest BCUT2D eigenvalue weighted by molar-refractivity contribution is 0.0934. The van der Waals surface area contributed by atoms with Crippen LogP contribution in [0.5, 0.6) is 0 Å². The maximum Gasteiger partial charge on any atom is 0.261 e. The molecule has 0 atom stereocenters. The van der Waals surface area contributed by atoms with Crippen LogP contribution in [0.1, 0.15) is 22.3 Å². The molecule has 0 fully saturated rings. The van der Waals surface area contributed by atoms with Crippen molar-refractivity contribution in [2.75, 3.05) is 17.9 Å². The van der Waals surface area contributed by atoms with Gasteiger partial charge in [0.1, 0.15) is 5.82 Å². The molecular weight excluding hydrogens is 455 g/mol. The SMILES string of the molecule is O=C(NCCCOCc1ccccc1)c1ccc(Cl)c(NS(=O)(=O)c2ccc(F)cc2)c1. The normalized spacial score (nSPS) is 11.2. The lowest BCUT2D eigenvalue weighted by Gasteiger charge is -2.12. The summed E-state index contributed by atoms with van der Waals surface area (Å²) >= 11 is 6.10. The highest BCUT2D eigenvalue weighted by molar-refractivity contribution is 7.92. The fourth-order valence-electron chi connectivity index (χ4n) is 2.80. The first kappa shape index (κ1) is 23.7. The van der Waals surface area contributed by atoms with E-state index < -0.39 is 15.8 Å². The number of rotatable bonds is 10. The zero-order valence-electron chi connectivity index (χ0n) is 17.1. The number of carbonyl (C=O) groups is 1. The molecule has 0 aliphatic heterocycles. The minimum absolute atomic E-state index is 0.0508. The van der Waals surface area contributed by atoms with Crippen LogP contribution in [0, 0.1) is 5.82 Å². The number of ether oxygens (including phenoxy) is 1. The summed E-state index contributed by atoms with van der Waals surface area (Å²) in [6, 6.07) is 18.4. The van der Waals surface area contributed by atoms with E-state index in [1.165, 1.54) is 18.2 Å². The number of amides is 1. The molecule has 3 aromatic carbocycles. The summed E-state index contributed by atoms with van der Waals surface area (Å²) in [5.74, 6) is -0.918. The van der Waals surface area contributed by atoms with E-state index in [0.717, 1.165) is 29.8 Å². The van der Waals surface area contributed by atoms with Crippen LogP contribution in [0.4, 0.5) is 10.1 Å². The van der Waals surface area contributed by atoms with E-state index >= 15 is 0 Å². The van der Waals surface area contributed by atoms with E-state index in [1.54, 1.807) is 0 Å². The summed E-state index contributed by atoms with van der Waals surface area (Å²) < 4.78 is 46.0. The molecule has 0 saturated carbocycles. The Morgan fingerprint density at radius 2 is 1.72 bits per heavy atom. The van der Waals surface area contributed by atoms with Gasteiger partial charge in [-0.15, -0.1) is 0 Å². The van der Waals surface area contributed by atoms with Crippen LogP contribution < -0.4 is 10.0 Å². The third kappa shape index (κ3) is 6.78. The van der Waals surface area contributed by atoms with Gasteiger partial charge in [0.25, 0.3) is 15.9 Å². The fourth-order valence-corrected chi connectivity index (χ4v) is 4.10. The monoisotopic (exact) mass is 476 g/mol. The maximum atomic E-state index is 13.1. The van der Waals surface area contributed by atoms with Gasteiger partial charge in [0.05, 0.1) is 22.2 Å². The van der Waals surface area contributed by atoms with Gasteiger partial charge >= 0.3 is 0 Å². The van der Waals surface area contributed by atoms with E-state index in [0.29, 0.717) is 26.2 Å². The van der Waals surface area contributed by atoms with E-state index in [2.05, 4.69) is 10.0 Å². The number of halogens is 2. The van der Waals surface area contributed by atoms with Gasteiger partial charge in [-0.05, 0) is 54.4 Å².